The van der Waals surface area contributed by atoms with Gasteiger partial charge in [-0.2, -0.15) is 0 Å². The zero-order chi connectivity index (χ0) is 13.5. The zero-order valence-corrected chi connectivity index (χ0v) is 12.7. The second-order valence-electron chi connectivity index (χ2n) is 6.29. The molecule has 0 aromatic heterocycles. The number of hydrogen-bond acceptors (Lipinski definition) is 3. The van der Waals surface area contributed by atoms with Crippen LogP contribution in [-0.4, -0.2) is 39.5 Å². The molecule has 3 heteroatoms. The minimum atomic E-state index is 0.396. The summed E-state index contributed by atoms with van der Waals surface area (Å²) in [5.41, 5.74) is 0. The van der Waals surface area contributed by atoms with E-state index in [0.29, 0.717) is 12.1 Å². The summed E-state index contributed by atoms with van der Waals surface area (Å²) in [5.74, 6) is 1.57. The van der Waals surface area contributed by atoms with Crippen LogP contribution in [0.1, 0.15) is 51.4 Å². The molecule has 1 heterocycles. The molecule has 0 bridgehead atoms. The van der Waals surface area contributed by atoms with Crippen LogP contribution in [0.2, 0.25) is 0 Å². The number of rotatable bonds is 6. The highest BCUT2D eigenvalue weighted by Gasteiger charge is 2.31. The van der Waals surface area contributed by atoms with Crippen molar-refractivity contribution in [1.82, 2.24) is 5.32 Å². The lowest BCUT2D eigenvalue weighted by molar-refractivity contribution is -0.00485. The van der Waals surface area contributed by atoms with Crippen molar-refractivity contribution < 1.29 is 9.47 Å². The van der Waals surface area contributed by atoms with E-state index >= 15 is 0 Å². The van der Waals surface area contributed by atoms with E-state index in [1.807, 2.05) is 7.11 Å². The lowest BCUT2D eigenvalue weighted by Crippen LogP contribution is -2.45. The molecule has 2 rings (SSSR count). The average Bonchev–Trinajstić information content (AvgIpc) is 2.49. The molecular weight excluding hydrogens is 238 g/mol. The third-order valence-electron chi connectivity index (χ3n) is 5.08. The SMILES string of the molecule is CNC(CC1CCOCC1)C(OC)C1CCCCC1. The fourth-order valence-electron chi connectivity index (χ4n) is 3.91. The molecule has 1 aliphatic carbocycles. The average molecular weight is 269 g/mol. The minimum Gasteiger partial charge on any atom is -0.381 e. The zero-order valence-electron chi connectivity index (χ0n) is 12.7. The molecule has 112 valence electrons. The summed E-state index contributed by atoms with van der Waals surface area (Å²) < 4.78 is 11.4. The van der Waals surface area contributed by atoms with Gasteiger partial charge in [-0.3, -0.25) is 0 Å². The van der Waals surface area contributed by atoms with Crippen LogP contribution in [0.15, 0.2) is 0 Å². The predicted octanol–water partition coefficient (Wildman–Crippen LogP) is 2.99. The first-order chi connectivity index (χ1) is 9.35. The number of hydrogen-bond donors (Lipinski definition) is 1. The molecule has 1 aliphatic heterocycles. The molecule has 0 aromatic carbocycles. The highest BCUT2D eigenvalue weighted by atomic mass is 16.5. The van der Waals surface area contributed by atoms with Gasteiger partial charge in [-0.1, -0.05) is 19.3 Å². The lowest BCUT2D eigenvalue weighted by Gasteiger charge is -2.37. The fraction of sp³-hybridized carbons (Fsp3) is 1.00. The summed E-state index contributed by atoms with van der Waals surface area (Å²) in [5, 5.41) is 3.53. The van der Waals surface area contributed by atoms with Crippen molar-refractivity contribution in [2.45, 2.75) is 63.5 Å². The molecule has 0 spiro atoms. The second kappa shape index (κ2) is 8.23. The Hall–Kier alpha value is -0.120. The van der Waals surface area contributed by atoms with E-state index in [1.165, 1.54) is 51.4 Å². The van der Waals surface area contributed by atoms with E-state index in [9.17, 15) is 0 Å². The summed E-state index contributed by atoms with van der Waals surface area (Å²) in [4.78, 5) is 0. The Balaban J connectivity index is 1.88. The third kappa shape index (κ3) is 4.44. The molecule has 0 amide bonds. The summed E-state index contributed by atoms with van der Waals surface area (Å²) in [7, 11) is 3.99. The van der Waals surface area contributed by atoms with Crippen molar-refractivity contribution in [2.24, 2.45) is 11.8 Å². The third-order valence-corrected chi connectivity index (χ3v) is 5.08. The number of methoxy groups -OCH3 is 1. The monoisotopic (exact) mass is 269 g/mol. The smallest absolute Gasteiger partial charge is 0.0752 e. The van der Waals surface area contributed by atoms with Crippen LogP contribution in [-0.2, 0) is 9.47 Å². The van der Waals surface area contributed by atoms with Gasteiger partial charge in [-0.05, 0) is 51.0 Å². The summed E-state index contributed by atoms with van der Waals surface area (Å²) in [6.07, 6.45) is 11.0. The van der Waals surface area contributed by atoms with Gasteiger partial charge in [-0.15, -0.1) is 0 Å². The van der Waals surface area contributed by atoms with Crippen molar-refractivity contribution in [3.8, 4) is 0 Å². The highest BCUT2D eigenvalue weighted by molar-refractivity contribution is 4.86. The molecule has 2 unspecified atom stereocenters. The van der Waals surface area contributed by atoms with Gasteiger partial charge in [0, 0.05) is 26.4 Å². The van der Waals surface area contributed by atoms with E-state index in [-0.39, 0.29) is 0 Å². The van der Waals surface area contributed by atoms with Crippen molar-refractivity contribution in [3.05, 3.63) is 0 Å². The van der Waals surface area contributed by atoms with E-state index in [1.54, 1.807) is 0 Å². The minimum absolute atomic E-state index is 0.396. The van der Waals surface area contributed by atoms with Crippen LogP contribution in [0, 0.1) is 11.8 Å². The predicted molar refractivity (Wildman–Crippen MR) is 78.4 cm³/mol. The quantitative estimate of drug-likeness (QED) is 0.804. The molecule has 0 aromatic rings. The van der Waals surface area contributed by atoms with Crippen molar-refractivity contribution in [2.75, 3.05) is 27.4 Å². The molecule has 1 saturated carbocycles. The van der Waals surface area contributed by atoms with Gasteiger partial charge in [0.1, 0.15) is 0 Å². The summed E-state index contributed by atoms with van der Waals surface area (Å²) in [6.45, 7) is 1.89. The Bertz CT molecular complexity index is 235. The van der Waals surface area contributed by atoms with E-state index in [4.69, 9.17) is 9.47 Å². The fourth-order valence-corrected chi connectivity index (χ4v) is 3.91. The van der Waals surface area contributed by atoms with Gasteiger partial charge >= 0.3 is 0 Å². The molecule has 2 atom stereocenters. The first-order valence-corrected chi connectivity index (χ1v) is 8.13. The Morgan fingerprint density at radius 1 is 1.11 bits per heavy atom. The molecule has 1 N–H and O–H groups in total. The Morgan fingerprint density at radius 3 is 2.37 bits per heavy atom. The van der Waals surface area contributed by atoms with Crippen molar-refractivity contribution in [3.63, 3.8) is 0 Å². The van der Waals surface area contributed by atoms with Crippen LogP contribution >= 0.6 is 0 Å². The van der Waals surface area contributed by atoms with Gasteiger partial charge in [-0.25, -0.2) is 0 Å². The second-order valence-corrected chi connectivity index (χ2v) is 6.29. The lowest BCUT2D eigenvalue weighted by atomic mass is 9.79. The van der Waals surface area contributed by atoms with E-state index in [2.05, 4.69) is 12.4 Å². The van der Waals surface area contributed by atoms with Crippen LogP contribution in [0.4, 0.5) is 0 Å². The van der Waals surface area contributed by atoms with Crippen LogP contribution in [0.3, 0.4) is 0 Å². The highest BCUT2D eigenvalue weighted by Crippen LogP contribution is 2.32. The maximum Gasteiger partial charge on any atom is 0.0752 e. The van der Waals surface area contributed by atoms with Crippen molar-refractivity contribution >= 4 is 0 Å². The molecular formula is C16H31NO2. The van der Waals surface area contributed by atoms with Gasteiger partial charge in [0.25, 0.3) is 0 Å². The van der Waals surface area contributed by atoms with E-state index < -0.39 is 0 Å². The molecule has 19 heavy (non-hydrogen) atoms. The number of ether oxygens (including phenoxy) is 2. The van der Waals surface area contributed by atoms with Gasteiger partial charge < -0.3 is 14.8 Å². The molecule has 0 radical (unpaired) electrons. The molecule has 2 fully saturated rings. The van der Waals surface area contributed by atoms with Crippen molar-refractivity contribution in [1.29, 1.82) is 0 Å². The van der Waals surface area contributed by atoms with Crippen LogP contribution in [0.5, 0.6) is 0 Å². The Kier molecular flexibility index (Phi) is 6.62. The van der Waals surface area contributed by atoms with Crippen LogP contribution < -0.4 is 5.32 Å². The Morgan fingerprint density at radius 2 is 1.79 bits per heavy atom. The first kappa shape index (κ1) is 15.3. The topological polar surface area (TPSA) is 30.5 Å². The number of nitrogens with one attached hydrogen (secondary N) is 1. The summed E-state index contributed by atoms with van der Waals surface area (Å²) in [6, 6.07) is 0.510. The molecule has 1 saturated heterocycles. The van der Waals surface area contributed by atoms with Crippen LogP contribution in [0.25, 0.3) is 0 Å². The molecule has 3 nitrogen and oxygen atoms in total. The van der Waals surface area contributed by atoms with Gasteiger partial charge in [0.15, 0.2) is 0 Å². The normalized spacial score (nSPS) is 26.2. The summed E-state index contributed by atoms with van der Waals surface area (Å²) >= 11 is 0. The van der Waals surface area contributed by atoms with E-state index in [0.717, 1.165) is 25.0 Å². The maximum atomic E-state index is 5.89. The first-order valence-electron chi connectivity index (χ1n) is 8.13. The van der Waals surface area contributed by atoms with Gasteiger partial charge in [0.2, 0.25) is 0 Å². The number of likely N-dealkylation sites (N-methyl/N-ethyl adjacent to an activating group) is 1. The maximum absolute atomic E-state index is 5.89. The largest absolute Gasteiger partial charge is 0.381 e. The molecule has 2 aliphatic rings. The Labute approximate surface area is 118 Å². The standard InChI is InChI=1S/C16H31NO2/c1-17-15(12-13-8-10-19-11-9-13)16(18-2)14-6-4-3-5-7-14/h13-17H,3-12H2,1-2H3. The van der Waals surface area contributed by atoms with Gasteiger partial charge in [0.05, 0.1) is 6.10 Å².